The number of aromatic nitrogens is 2. The van der Waals surface area contributed by atoms with Gasteiger partial charge in [-0.15, -0.1) is 0 Å². The standard InChI is InChI=1S/C21H20N4O4/c26-19-7-6-17(23-24-19)15-3-1-4-16(13-15)22-20(27)14-8-10-25(11-9-14)21(28)18-5-2-12-29-18/h1-7,12-14H,8-11H2,(H,22,27)(H,24,26). The van der Waals surface area contributed by atoms with Crippen LogP contribution in [0.15, 0.2) is 64.0 Å². The molecular weight excluding hydrogens is 372 g/mol. The zero-order valence-corrected chi connectivity index (χ0v) is 15.6. The van der Waals surface area contributed by atoms with E-state index in [9.17, 15) is 14.4 Å². The summed E-state index contributed by atoms with van der Waals surface area (Å²) < 4.78 is 5.16. The van der Waals surface area contributed by atoms with Gasteiger partial charge in [-0.05, 0) is 43.2 Å². The van der Waals surface area contributed by atoms with Crippen LogP contribution in [-0.2, 0) is 4.79 Å². The van der Waals surface area contributed by atoms with E-state index < -0.39 is 0 Å². The number of anilines is 1. The van der Waals surface area contributed by atoms with Crippen LogP contribution in [0.2, 0.25) is 0 Å². The Morgan fingerprint density at radius 2 is 1.93 bits per heavy atom. The third kappa shape index (κ3) is 4.26. The number of carbonyl (C=O) groups is 2. The number of piperidine rings is 1. The van der Waals surface area contributed by atoms with Crippen LogP contribution < -0.4 is 10.9 Å². The van der Waals surface area contributed by atoms with Crippen molar-refractivity contribution in [1.82, 2.24) is 15.1 Å². The number of nitrogens with zero attached hydrogens (tertiary/aromatic N) is 2. The normalized spacial score (nSPS) is 14.6. The highest BCUT2D eigenvalue weighted by molar-refractivity contribution is 5.94. The van der Waals surface area contributed by atoms with Gasteiger partial charge < -0.3 is 14.6 Å². The van der Waals surface area contributed by atoms with Gasteiger partial charge in [-0.2, -0.15) is 5.10 Å². The molecule has 0 spiro atoms. The fourth-order valence-electron chi connectivity index (χ4n) is 3.41. The maximum Gasteiger partial charge on any atom is 0.289 e. The molecule has 0 saturated carbocycles. The molecule has 148 valence electrons. The first-order valence-corrected chi connectivity index (χ1v) is 9.40. The maximum absolute atomic E-state index is 12.7. The first-order chi connectivity index (χ1) is 14.1. The SMILES string of the molecule is O=C(Nc1cccc(-c2ccc(=O)[nH]n2)c1)C1CCN(C(=O)c2ccco2)CC1. The van der Waals surface area contributed by atoms with Gasteiger partial charge in [0.1, 0.15) is 0 Å². The second-order valence-corrected chi connectivity index (χ2v) is 6.92. The Balaban J connectivity index is 1.36. The number of furan rings is 1. The minimum Gasteiger partial charge on any atom is -0.459 e. The molecule has 8 nitrogen and oxygen atoms in total. The summed E-state index contributed by atoms with van der Waals surface area (Å²) in [6, 6.07) is 13.7. The van der Waals surface area contributed by atoms with Crippen LogP contribution >= 0.6 is 0 Å². The molecule has 0 bridgehead atoms. The Bertz CT molecular complexity index is 1050. The zero-order chi connectivity index (χ0) is 20.2. The van der Waals surface area contributed by atoms with Gasteiger partial charge in [-0.1, -0.05) is 12.1 Å². The number of H-pyrrole nitrogens is 1. The van der Waals surface area contributed by atoms with E-state index >= 15 is 0 Å². The van der Waals surface area contributed by atoms with E-state index in [2.05, 4.69) is 15.5 Å². The van der Waals surface area contributed by atoms with Crippen LogP contribution in [0.1, 0.15) is 23.4 Å². The number of benzene rings is 1. The molecule has 0 unspecified atom stereocenters. The maximum atomic E-state index is 12.7. The van der Waals surface area contributed by atoms with Crippen LogP contribution in [0.3, 0.4) is 0 Å². The molecule has 1 fully saturated rings. The molecule has 0 aliphatic carbocycles. The molecule has 1 aromatic carbocycles. The van der Waals surface area contributed by atoms with Gasteiger partial charge in [0.2, 0.25) is 5.91 Å². The van der Waals surface area contributed by atoms with E-state index in [1.54, 1.807) is 23.1 Å². The van der Waals surface area contributed by atoms with Gasteiger partial charge in [-0.25, -0.2) is 5.10 Å². The van der Waals surface area contributed by atoms with Crippen LogP contribution in [0, 0.1) is 5.92 Å². The Morgan fingerprint density at radius 1 is 1.10 bits per heavy atom. The first kappa shape index (κ1) is 18.7. The summed E-state index contributed by atoms with van der Waals surface area (Å²) in [5.74, 6) is -0.0530. The minimum atomic E-state index is -0.268. The number of nitrogens with one attached hydrogen (secondary N) is 2. The van der Waals surface area contributed by atoms with Crippen molar-refractivity contribution in [2.45, 2.75) is 12.8 Å². The lowest BCUT2D eigenvalue weighted by Gasteiger charge is -2.30. The second kappa shape index (κ2) is 8.14. The van der Waals surface area contributed by atoms with Gasteiger partial charge in [-0.3, -0.25) is 14.4 Å². The molecule has 8 heteroatoms. The van der Waals surface area contributed by atoms with Gasteiger partial charge in [0.05, 0.1) is 12.0 Å². The van der Waals surface area contributed by atoms with E-state index in [1.165, 1.54) is 12.3 Å². The van der Waals surface area contributed by atoms with Gasteiger partial charge in [0, 0.05) is 36.3 Å². The molecule has 2 aromatic heterocycles. The van der Waals surface area contributed by atoms with E-state index in [0.717, 1.165) is 5.56 Å². The number of carbonyl (C=O) groups excluding carboxylic acids is 2. The predicted molar refractivity (Wildman–Crippen MR) is 106 cm³/mol. The highest BCUT2D eigenvalue weighted by Gasteiger charge is 2.28. The number of hydrogen-bond donors (Lipinski definition) is 2. The molecule has 29 heavy (non-hydrogen) atoms. The van der Waals surface area contributed by atoms with Gasteiger partial charge in [0.15, 0.2) is 5.76 Å². The smallest absolute Gasteiger partial charge is 0.289 e. The van der Waals surface area contributed by atoms with Crippen molar-refractivity contribution >= 4 is 17.5 Å². The fraction of sp³-hybridized carbons (Fsp3) is 0.238. The van der Waals surface area contributed by atoms with Crippen molar-refractivity contribution in [1.29, 1.82) is 0 Å². The summed E-state index contributed by atoms with van der Waals surface area (Å²) in [7, 11) is 0. The van der Waals surface area contributed by atoms with E-state index in [-0.39, 0.29) is 23.3 Å². The van der Waals surface area contributed by atoms with Crippen LogP contribution in [0.4, 0.5) is 5.69 Å². The molecule has 4 rings (SSSR count). The first-order valence-electron chi connectivity index (χ1n) is 9.40. The highest BCUT2D eigenvalue weighted by Crippen LogP contribution is 2.23. The Labute approximate surface area is 166 Å². The average Bonchev–Trinajstić information content (AvgIpc) is 3.29. The molecule has 2 N–H and O–H groups in total. The lowest BCUT2D eigenvalue weighted by molar-refractivity contribution is -0.121. The summed E-state index contributed by atoms with van der Waals surface area (Å²) in [6.07, 6.45) is 2.67. The Morgan fingerprint density at radius 3 is 2.62 bits per heavy atom. The second-order valence-electron chi connectivity index (χ2n) is 6.92. The topological polar surface area (TPSA) is 108 Å². The molecule has 0 radical (unpaired) electrons. The summed E-state index contributed by atoms with van der Waals surface area (Å²) in [5, 5.41) is 9.36. The van der Waals surface area contributed by atoms with Crippen molar-refractivity contribution < 1.29 is 14.0 Å². The van der Waals surface area contributed by atoms with E-state index in [4.69, 9.17) is 4.42 Å². The van der Waals surface area contributed by atoms with E-state index in [0.29, 0.717) is 43.1 Å². The summed E-state index contributed by atoms with van der Waals surface area (Å²) in [4.78, 5) is 37.9. The van der Waals surface area contributed by atoms with Crippen LogP contribution in [0.25, 0.3) is 11.3 Å². The molecular formula is C21H20N4O4. The van der Waals surface area contributed by atoms with Gasteiger partial charge >= 0.3 is 0 Å². The molecule has 2 amide bonds. The molecule has 1 aliphatic heterocycles. The third-order valence-electron chi connectivity index (χ3n) is 4.99. The number of amides is 2. The summed E-state index contributed by atoms with van der Waals surface area (Å²) in [6.45, 7) is 1.03. The quantitative estimate of drug-likeness (QED) is 0.709. The largest absolute Gasteiger partial charge is 0.459 e. The molecule has 0 atom stereocenters. The van der Waals surface area contributed by atoms with Crippen LogP contribution in [-0.4, -0.2) is 40.0 Å². The van der Waals surface area contributed by atoms with Crippen LogP contribution in [0.5, 0.6) is 0 Å². The van der Waals surface area contributed by atoms with Crippen molar-refractivity contribution in [2.75, 3.05) is 18.4 Å². The van der Waals surface area contributed by atoms with Gasteiger partial charge in [0.25, 0.3) is 11.5 Å². The predicted octanol–water partition coefficient (Wildman–Crippen LogP) is 2.52. The Hall–Kier alpha value is -3.68. The summed E-state index contributed by atoms with van der Waals surface area (Å²) in [5.41, 5.74) is 1.80. The fourth-order valence-corrected chi connectivity index (χ4v) is 3.41. The minimum absolute atomic E-state index is 0.0679. The molecule has 3 heterocycles. The highest BCUT2D eigenvalue weighted by atomic mass is 16.3. The molecule has 3 aromatic rings. The van der Waals surface area contributed by atoms with E-state index in [1.807, 2.05) is 24.3 Å². The number of likely N-dealkylation sites (tertiary alicyclic amines) is 1. The number of hydrogen-bond acceptors (Lipinski definition) is 5. The monoisotopic (exact) mass is 392 g/mol. The number of rotatable bonds is 4. The number of aromatic amines is 1. The third-order valence-corrected chi connectivity index (χ3v) is 4.99. The van der Waals surface area contributed by atoms with Crippen molar-refractivity contribution in [3.63, 3.8) is 0 Å². The molecule has 1 saturated heterocycles. The Kier molecular flexibility index (Phi) is 5.24. The zero-order valence-electron chi connectivity index (χ0n) is 15.6. The lowest BCUT2D eigenvalue weighted by atomic mass is 9.95. The van der Waals surface area contributed by atoms with Crippen molar-refractivity contribution in [3.8, 4) is 11.3 Å². The van der Waals surface area contributed by atoms with Crippen molar-refractivity contribution in [3.05, 3.63) is 70.9 Å². The molecule has 1 aliphatic rings. The average molecular weight is 392 g/mol. The summed E-state index contributed by atoms with van der Waals surface area (Å²) >= 11 is 0. The lowest BCUT2D eigenvalue weighted by Crippen LogP contribution is -2.41. The van der Waals surface area contributed by atoms with Crippen molar-refractivity contribution in [2.24, 2.45) is 5.92 Å².